The third-order valence-electron chi connectivity index (χ3n) is 2.44. The molecule has 1 rings (SSSR count). The monoisotopic (exact) mass is 257 g/mol. The third kappa shape index (κ3) is 3.71. The van der Waals surface area contributed by atoms with Gasteiger partial charge in [0, 0.05) is 24.6 Å². The normalized spacial score (nSPS) is 10.4. The number of carbonyl (C=O) groups excluding carboxylic acids is 1. The number of aliphatic hydroxyl groups excluding tert-OH is 1. The van der Waals surface area contributed by atoms with E-state index in [4.69, 9.17) is 5.11 Å². The molecule has 0 atom stereocenters. The number of hydrogen-bond donors (Lipinski definition) is 2. The summed E-state index contributed by atoms with van der Waals surface area (Å²) in [5.41, 5.74) is 0.0253. The Kier molecular flexibility index (Phi) is 5.44. The van der Waals surface area contributed by atoms with Crippen LogP contribution in [0.1, 0.15) is 23.7 Å². The van der Waals surface area contributed by atoms with Gasteiger partial charge in [-0.15, -0.1) is 12.6 Å². The smallest absolute Gasteiger partial charge is 0.256 e. The average Bonchev–Trinajstić information content (AvgIpc) is 2.33. The van der Waals surface area contributed by atoms with Gasteiger partial charge < -0.3 is 10.0 Å². The molecule has 1 aromatic rings. The Morgan fingerprint density at radius 2 is 2.24 bits per heavy atom. The van der Waals surface area contributed by atoms with E-state index in [1.807, 2.05) is 6.92 Å². The summed E-state index contributed by atoms with van der Waals surface area (Å²) in [5.74, 6) is -0.912. The van der Waals surface area contributed by atoms with Crippen molar-refractivity contribution >= 4 is 18.5 Å². The van der Waals surface area contributed by atoms with E-state index in [-0.39, 0.29) is 18.1 Å². The second-order valence-corrected chi connectivity index (χ2v) is 4.14. The molecule has 0 aliphatic carbocycles. The highest BCUT2D eigenvalue weighted by Gasteiger charge is 2.17. The number of halogens is 1. The molecule has 0 fully saturated rings. The molecule has 0 heterocycles. The highest BCUT2D eigenvalue weighted by molar-refractivity contribution is 7.80. The molecule has 0 unspecified atom stereocenters. The van der Waals surface area contributed by atoms with E-state index < -0.39 is 5.82 Å². The summed E-state index contributed by atoms with van der Waals surface area (Å²) in [6.07, 6.45) is 0.488. The molecular weight excluding hydrogens is 241 g/mol. The van der Waals surface area contributed by atoms with E-state index in [1.165, 1.54) is 23.1 Å². The van der Waals surface area contributed by atoms with Crippen LogP contribution in [0.25, 0.3) is 0 Å². The van der Waals surface area contributed by atoms with Crippen molar-refractivity contribution in [3.63, 3.8) is 0 Å². The van der Waals surface area contributed by atoms with E-state index >= 15 is 0 Å². The molecule has 0 aromatic heterocycles. The highest BCUT2D eigenvalue weighted by Crippen LogP contribution is 2.15. The maximum atomic E-state index is 13.5. The number of aliphatic hydroxyl groups is 1. The highest BCUT2D eigenvalue weighted by atomic mass is 32.1. The Bertz CT molecular complexity index is 398. The second-order valence-electron chi connectivity index (χ2n) is 3.63. The maximum Gasteiger partial charge on any atom is 0.256 e. The topological polar surface area (TPSA) is 40.5 Å². The summed E-state index contributed by atoms with van der Waals surface area (Å²) in [5, 5.41) is 8.74. The van der Waals surface area contributed by atoms with Crippen molar-refractivity contribution < 1.29 is 14.3 Å². The zero-order chi connectivity index (χ0) is 12.8. The van der Waals surface area contributed by atoms with Crippen molar-refractivity contribution in [2.24, 2.45) is 0 Å². The van der Waals surface area contributed by atoms with Gasteiger partial charge in [0.1, 0.15) is 5.82 Å². The summed E-state index contributed by atoms with van der Waals surface area (Å²) in [4.78, 5) is 14.1. The molecule has 3 nitrogen and oxygen atoms in total. The molecule has 0 spiro atoms. The van der Waals surface area contributed by atoms with E-state index in [0.29, 0.717) is 24.4 Å². The van der Waals surface area contributed by atoms with E-state index in [1.54, 1.807) is 0 Å². The van der Waals surface area contributed by atoms with Gasteiger partial charge in [-0.2, -0.15) is 0 Å². The van der Waals surface area contributed by atoms with Crippen LogP contribution in [-0.4, -0.2) is 35.6 Å². The Balaban J connectivity index is 2.89. The molecule has 0 bridgehead atoms. The lowest BCUT2D eigenvalue weighted by Gasteiger charge is -2.20. The Morgan fingerprint density at radius 1 is 1.53 bits per heavy atom. The molecule has 1 aromatic carbocycles. The quantitative estimate of drug-likeness (QED) is 0.792. The number of hydrogen-bond acceptors (Lipinski definition) is 3. The van der Waals surface area contributed by atoms with Crippen molar-refractivity contribution in [1.29, 1.82) is 0 Å². The first-order valence-corrected chi connectivity index (χ1v) is 5.93. The van der Waals surface area contributed by atoms with Gasteiger partial charge in [-0.1, -0.05) is 0 Å². The third-order valence-corrected chi connectivity index (χ3v) is 2.71. The SMILES string of the molecule is CCN(CCCO)C(=O)c1cc(S)ccc1F. The van der Waals surface area contributed by atoms with Crippen molar-refractivity contribution in [2.75, 3.05) is 19.7 Å². The molecule has 1 N–H and O–H groups in total. The van der Waals surface area contributed by atoms with Gasteiger partial charge in [0.15, 0.2) is 0 Å². The number of nitrogens with zero attached hydrogens (tertiary/aromatic N) is 1. The summed E-state index contributed by atoms with van der Waals surface area (Å²) in [6, 6.07) is 4.15. The van der Waals surface area contributed by atoms with E-state index in [0.717, 1.165) is 0 Å². The molecular formula is C12H16FNO2S. The number of rotatable bonds is 5. The molecule has 0 saturated heterocycles. The lowest BCUT2D eigenvalue weighted by atomic mass is 10.2. The minimum Gasteiger partial charge on any atom is -0.396 e. The number of carbonyl (C=O) groups is 1. The molecule has 17 heavy (non-hydrogen) atoms. The summed E-state index contributed by atoms with van der Waals surface area (Å²) < 4.78 is 13.5. The molecule has 0 saturated carbocycles. The van der Waals surface area contributed by atoms with E-state index in [2.05, 4.69) is 12.6 Å². The fourth-order valence-corrected chi connectivity index (χ4v) is 1.72. The van der Waals surface area contributed by atoms with Crippen LogP contribution in [-0.2, 0) is 0 Å². The largest absolute Gasteiger partial charge is 0.396 e. The first kappa shape index (κ1) is 14.0. The minimum atomic E-state index is -0.546. The van der Waals surface area contributed by atoms with Gasteiger partial charge in [0.2, 0.25) is 0 Å². The average molecular weight is 257 g/mol. The lowest BCUT2D eigenvalue weighted by Crippen LogP contribution is -2.32. The molecule has 5 heteroatoms. The second kappa shape index (κ2) is 6.61. The van der Waals surface area contributed by atoms with Crippen molar-refractivity contribution in [2.45, 2.75) is 18.2 Å². The molecule has 1 amide bonds. The number of amides is 1. The van der Waals surface area contributed by atoms with Crippen molar-refractivity contribution in [3.05, 3.63) is 29.6 Å². The Morgan fingerprint density at radius 3 is 2.82 bits per heavy atom. The fourth-order valence-electron chi connectivity index (χ4n) is 1.51. The first-order valence-electron chi connectivity index (χ1n) is 5.48. The summed E-state index contributed by atoms with van der Waals surface area (Å²) in [6.45, 7) is 2.73. The van der Waals surface area contributed by atoms with Crippen LogP contribution in [0.3, 0.4) is 0 Å². The Labute approximate surface area is 106 Å². The fraction of sp³-hybridized carbons (Fsp3) is 0.417. The summed E-state index contributed by atoms with van der Waals surface area (Å²) >= 11 is 4.09. The van der Waals surface area contributed by atoms with Gasteiger partial charge >= 0.3 is 0 Å². The zero-order valence-corrected chi connectivity index (χ0v) is 10.6. The van der Waals surface area contributed by atoms with Gasteiger partial charge in [0.05, 0.1) is 5.56 Å². The standard InChI is InChI=1S/C12H16FNO2S/c1-2-14(6-3-7-15)12(16)10-8-9(17)4-5-11(10)13/h4-5,8,15,17H,2-3,6-7H2,1H3. The van der Waals surface area contributed by atoms with Crippen LogP contribution in [0.2, 0.25) is 0 Å². The predicted octanol–water partition coefficient (Wildman–Crippen LogP) is 1.96. The molecule has 0 aliphatic heterocycles. The van der Waals surface area contributed by atoms with E-state index in [9.17, 15) is 9.18 Å². The molecule has 0 radical (unpaired) electrons. The molecule has 94 valence electrons. The van der Waals surface area contributed by atoms with Crippen LogP contribution >= 0.6 is 12.6 Å². The van der Waals surface area contributed by atoms with Crippen LogP contribution in [0.4, 0.5) is 4.39 Å². The van der Waals surface area contributed by atoms with Crippen LogP contribution < -0.4 is 0 Å². The Hall–Kier alpha value is -1.07. The van der Waals surface area contributed by atoms with Crippen LogP contribution in [0.5, 0.6) is 0 Å². The zero-order valence-electron chi connectivity index (χ0n) is 9.69. The first-order chi connectivity index (χ1) is 8.10. The summed E-state index contributed by atoms with van der Waals surface area (Å²) in [7, 11) is 0. The van der Waals surface area contributed by atoms with Crippen molar-refractivity contribution in [1.82, 2.24) is 4.90 Å². The predicted molar refractivity (Wildman–Crippen MR) is 66.9 cm³/mol. The van der Waals surface area contributed by atoms with Gasteiger partial charge in [-0.3, -0.25) is 4.79 Å². The van der Waals surface area contributed by atoms with Crippen LogP contribution in [0.15, 0.2) is 23.1 Å². The minimum absolute atomic E-state index is 0.0128. The molecule has 0 aliphatic rings. The van der Waals surface area contributed by atoms with Gasteiger partial charge in [0.25, 0.3) is 5.91 Å². The lowest BCUT2D eigenvalue weighted by molar-refractivity contribution is 0.0749. The maximum absolute atomic E-state index is 13.5. The number of benzene rings is 1. The van der Waals surface area contributed by atoms with Gasteiger partial charge in [-0.25, -0.2) is 4.39 Å². The van der Waals surface area contributed by atoms with Crippen molar-refractivity contribution in [3.8, 4) is 0 Å². The van der Waals surface area contributed by atoms with Crippen LogP contribution in [0, 0.1) is 5.82 Å². The van der Waals surface area contributed by atoms with Gasteiger partial charge in [-0.05, 0) is 31.5 Å². The number of thiol groups is 1.